The van der Waals surface area contributed by atoms with Crippen LogP contribution in [0.4, 0.5) is 0 Å². The number of halogens is 1. The Labute approximate surface area is 132 Å². The van der Waals surface area contributed by atoms with Gasteiger partial charge >= 0.3 is 0 Å². The second-order valence-electron chi connectivity index (χ2n) is 6.09. The molecule has 1 aliphatic carbocycles. The summed E-state index contributed by atoms with van der Waals surface area (Å²) in [4.78, 5) is 0.255. The molecule has 0 bridgehead atoms. The van der Waals surface area contributed by atoms with Crippen molar-refractivity contribution in [3.63, 3.8) is 0 Å². The average Bonchev–Trinajstić information content (AvgIpc) is 3.20. The summed E-state index contributed by atoms with van der Waals surface area (Å²) < 4.78 is 26.3. The Morgan fingerprint density at radius 1 is 1.38 bits per heavy atom. The van der Waals surface area contributed by atoms with Gasteiger partial charge in [0.1, 0.15) is 0 Å². The van der Waals surface area contributed by atoms with Crippen LogP contribution < -0.4 is 5.32 Å². The first-order valence-corrected chi connectivity index (χ1v) is 9.10. The van der Waals surface area contributed by atoms with Crippen molar-refractivity contribution < 1.29 is 8.42 Å². The molecule has 1 N–H and O–H groups in total. The molecule has 1 aromatic carbocycles. The highest BCUT2D eigenvalue weighted by atomic mass is 35.5. The van der Waals surface area contributed by atoms with Gasteiger partial charge in [-0.1, -0.05) is 31.5 Å². The first kappa shape index (κ1) is 16.7. The SMILES string of the molecule is CC(C)CN(C)S(=O)(=O)c1ccc(CNC2CC2)c(Cl)c1. The Morgan fingerprint density at radius 3 is 2.57 bits per heavy atom. The second-order valence-corrected chi connectivity index (χ2v) is 8.54. The van der Waals surface area contributed by atoms with E-state index < -0.39 is 10.0 Å². The standard InChI is InChI=1S/C15H23ClN2O2S/c1-11(2)10-18(3)21(19,20)14-7-4-12(15(16)8-14)9-17-13-5-6-13/h4,7-8,11,13,17H,5-6,9-10H2,1-3H3. The molecule has 1 aliphatic rings. The summed E-state index contributed by atoms with van der Waals surface area (Å²) in [5.74, 6) is 0.280. The number of nitrogens with zero attached hydrogens (tertiary/aromatic N) is 1. The number of hydrogen-bond acceptors (Lipinski definition) is 3. The monoisotopic (exact) mass is 330 g/mol. The Balaban J connectivity index is 2.13. The lowest BCUT2D eigenvalue weighted by Crippen LogP contribution is -2.30. The van der Waals surface area contributed by atoms with Crippen LogP contribution in [0.1, 0.15) is 32.3 Å². The van der Waals surface area contributed by atoms with Crippen molar-refractivity contribution in [2.45, 2.75) is 44.2 Å². The maximum absolute atomic E-state index is 12.5. The highest BCUT2D eigenvalue weighted by molar-refractivity contribution is 7.89. The first-order chi connectivity index (χ1) is 9.80. The third kappa shape index (κ3) is 4.42. The normalized spacial score (nSPS) is 15.9. The summed E-state index contributed by atoms with van der Waals surface area (Å²) >= 11 is 6.23. The van der Waals surface area contributed by atoms with Gasteiger partial charge in [0.15, 0.2) is 0 Å². The lowest BCUT2D eigenvalue weighted by atomic mass is 10.2. The van der Waals surface area contributed by atoms with Gasteiger partial charge in [-0.15, -0.1) is 0 Å². The van der Waals surface area contributed by atoms with Crippen LogP contribution in [0, 0.1) is 5.92 Å². The number of benzene rings is 1. The van der Waals surface area contributed by atoms with Crippen molar-refractivity contribution in [3.05, 3.63) is 28.8 Å². The van der Waals surface area contributed by atoms with E-state index in [1.807, 2.05) is 13.8 Å². The van der Waals surface area contributed by atoms with Gasteiger partial charge in [-0.25, -0.2) is 12.7 Å². The summed E-state index contributed by atoms with van der Waals surface area (Å²) in [6.07, 6.45) is 2.42. The van der Waals surface area contributed by atoms with Crippen LogP contribution in [0.25, 0.3) is 0 Å². The number of hydrogen-bond donors (Lipinski definition) is 1. The van der Waals surface area contributed by atoms with Crippen molar-refractivity contribution in [2.75, 3.05) is 13.6 Å². The minimum absolute atomic E-state index is 0.255. The molecule has 1 fully saturated rings. The third-order valence-electron chi connectivity index (χ3n) is 3.51. The summed E-state index contributed by atoms with van der Waals surface area (Å²) in [5.41, 5.74) is 0.939. The predicted octanol–water partition coefficient (Wildman–Crippen LogP) is 2.87. The molecule has 4 nitrogen and oxygen atoms in total. The van der Waals surface area contributed by atoms with Crippen LogP contribution in [0.15, 0.2) is 23.1 Å². The Bertz CT molecular complexity index is 598. The molecule has 2 rings (SSSR count). The molecule has 0 atom stereocenters. The minimum atomic E-state index is -3.46. The van der Waals surface area contributed by atoms with Crippen LogP contribution >= 0.6 is 11.6 Å². The topological polar surface area (TPSA) is 49.4 Å². The highest BCUT2D eigenvalue weighted by Crippen LogP contribution is 2.25. The molecule has 0 heterocycles. The molecular formula is C15H23ClN2O2S. The second kappa shape index (κ2) is 6.65. The molecule has 0 saturated heterocycles. The largest absolute Gasteiger partial charge is 0.310 e. The maximum Gasteiger partial charge on any atom is 0.242 e. The van der Waals surface area contributed by atoms with E-state index in [0.717, 1.165) is 5.56 Å². The predicted molar refractivity (Wildman–Crippen MR) is 86.0 cm³/mol. The van der Waals surface area contributed by atoms with Crippen molar-refractivity contribution in [1.29, 1.82) is 0 Å². The zero-order valence-corrected chi connectivity index (χ0v) is 14.3. The fraction of sp³-hybridized carbons (Fsp3) is 0.600. The zero-order chi connectivity index (χ0) is 15.6. The van der Waals surface area contributed by atoms with E-state index in [9.17, 15) is 8.42 Å². The molecule has 1 saturated carbocycles. The van der Waals surface area contributed by atoms with Crippen molar-refractivity contribution in [1.82, 2.24) is 9.62 Å². The number of sulfonamides is 1. The van der Waals surface area contributed by atoms with E-state index in [0.29, 0.717) is 24.2 Å². The van der Waals surface area contributed by atoms with Crippen molar-refractivity contribution in [2.24, 2.45) is 5.92 Å². The average molecular weight is 331 g/mol. The van der Waals surface area contributed by atoms with E-state index in [2.05, 4.69) is 5.32 Å². The Morgan fingerprint density at radius 2 is 2.05 bits per heavy atom. The first-order valence-electron chi connectivity index (χ1n) is 7.29. The third-order valence-corrected chi connectivity index (χ3v) is 5.68. The summed E-state index contributed by atoms with van der Waals surface area (Å²) in [7, 11) is -1.86. The lowest BCUT2D eigenvalue weighted by molar-refractivity contribution is 0.417. The van der Waals surface area contributed by atoms with E-state index in [1.54, 1.807) is 25.2 Å². The van der Waals surface area contributed by atoms with Gasteiger partial charge in [-0.3, -0.25) is 0 Å². The van der Waals surface area contributed by atoms with Gasteiger partial charge in [0.25, 0.3) is 0 Å². The van der Waals surface area contributed by atoms with Gasteiger partial charge in [0, 0.05) is 31.2 Å². The van der Waals surface area contributed by atoms with Crippen LogP contribution in [-0.4, -0.2) is 32.4 Å². The van der Waals surface area contributed by atoms with Gasteiger partial charge < -0.3 is 5.32 Å². The number of nitrogens with one attached hydrogen (secondary N) is 1. The molecule has 1 aromatic rings. The molecule has 0 spiro atoms. The van der Waals surface area contributed by atoms with Crippen LogP contribution in [0.5, 0.6) is 0 Å². The van der Waals surface area contributed by atoms with Gasteiger partial charge in [-0.05, 0) is 36.5 Å². The molecule has 21 heavy (non-hydrogen) atoms. The molecule has 118 valence electrons. The summed E-state index contributed by atoms with van der Waals surface area (Å²) in [6.45, 7) is 5.16. The van der Waals surface area contributed by atoms with Crippen LogP contribution in [0.3, 0.4) is 0 Å². The van der Waals surface area contributed by atoms with Gasteiger partial charge in [-0.2, -0.15) is 0 Å². The minimum Gasteiger partial charge on any atom is -0.310 e. The van der Waals surface area contributed by atoms with Crippen molar-refractivity contribution >= 4 is 21.6 Å². The summed E-state index contributed by atoms with van der Waals surface area (Å²) in [5, 5.41) is 3.88. The molecule has 0 unspecified atom stereocenters. The van der Waals surface area contributed by atoms with Crippen LogP contribution in [0.2, 0.25) is 5.02 Å². The summed E-state index contributed by atoms with van der Waals surface area (Å²) in [6, 6.07) is 5.59. The fourth-order valence-corrected chi connectivity index (χ4v) is 3.84. The van der Waals surface area contributed by atoms with E-state index >= 15 is 0 Å². The van der Waals surface area contributed by atoms with Crippen molar-refractivity contribution in [3.8, 4) is 0 Å². The highest BCUT2D eigenvalue weighted by Gasteiger charge is 2.23. The molecule has 0 amide bonds. The molecule has 0 aliphatic heterocycles. The maximum atomic E-state index is 12.5. The fourth-order valence-electron chi connectivity index (χ4n) is 2.17. The van der Waals surface area contributed by atoms with Gasteiger partial charge in [0.05, 0.1) is 4.90 Å². The quantitative estimate of drug-likeness (QED) is 0.836. The molecule has 0 radical (unpaired) electrons. The van der Waals surface area contributed by atoms with E-state index in [-0.39, 0.29) is 10.8 Å². The van der Waals surface area contributed by atoms with E-state index in [1.165, 1.54) is 17.1 Å². The molecular weight excluding hydrogens is 308 g/mol. The Kier molecular flexibility index (Phi) is 5.30. The zero-order valence-electron chi connectivity index (χ0n) is 12.8. The Hall–Kier alpha value is -0.620. The van der Waals surface area contributed by atoms with Crippen LogP contribution in [-0.2, 0) is 16.6 Å². The smallest absolute Gasteiger partial charge is 0.242 e. The molecule has 0 aromatic heterocycles. The lowest BCUT2D eigenvalue weighted by Gasteiger charge is -2.19. The van der Waals surface area contributed by atoms with E-state index in [4.69, 9.17) is 11.6 Å². The van der Waals surface area contributed by atoms with Gasteiger partial charge in [0.2, 0.25) is 10.0 Å². The molecule has 6 heteroatoms. The number of rotatable bonds is 7.